The molecule has 0 atom stereocenters. The van der Waals surface area contributed by atoms with Crippen molar-refractivity contribution in [3.63, 3.8) is 0 Å². The highest BCUT2D eigenvalue weighted by Crippen LogP contribution is 2.28. The molecule has 0 unspecified atom stereocenters. The lowest BCUT2D eigenvalue weighted by atomic mass is 10.2. The number of halogens is 3. The largest absolute Gasteiger partial charge is 0.399 e. The predicted molar refractivity (Wildman–Crippen MR) is 77.8 cm³/mol. The van der Waals surface area contributed by atoms with Crippen LogP contribution in [0.4, 0.5) is 20.2 Å². The molecule has 0 bridgehead atoms. The van der Waals surface area contributed by atoms with E-state index in [1.807, 2.05) is 4.72 Å². The number of hydrogen-bond donors (Lipinski definition) is 2. The number of nitrogens with two attached hydrogens (primary N) is 1. The molecule has 0 fully saturated rings. The van der Waals surface area contributed by atoms with Crippen LogP contribution in [0, 0.1) is 18.6 Å². The van der Waals surface area contributed by atoms with Crippen molar-refractivity contribution in [3.8, 4) is 0 Å². The number of sulfonamides is 1. The molecule has 21 heavy (non-hydrogen) atoms. The highest BCUT2D eigenvalue weighted by molar-refractivity contribution is 7.92. The van der Waals surface area contributed by atoms with Crippen LogP contribution < -0.4 is 10.5 Å². The Morgan fingerprint density at radius 2 is 1.90 bits per heavy atom. The van der Waals surface area contributed by atoms with Gasteiger partial charge in [-0.1, -0.05) is 23.7 Å². The monoisotopic (exact) mass is 332 g/mol. The van der Waals surface area contributed by atoms with E-state index in [4.69, 9.17) is 17.3 Å². The second-order valence-corrected chi connectivity index (χ2v) is 6.41. The Bertz CT molecular complexity index is 790. The van der Waals surface area contributed by atoms with Crippen LogP contribution in [-0.4, -0.2) is 8.42 Å². The summed E-state index contributed by atoms with van der Waals surface area (Å²) in [4.78, 5) is -0.741. The third kappa shape index (κ3) is 3.08. The normalized spacial score (nSPS) is 11.4. The number of para-hydroxylation sites is 1. The number of benzene rings is 2. The molecule has 0 spiro atoms. The van der Waals surface area contributed by atoms with Gasteiger partial charge in [0.1, 0.15) is 10.7 Å². The highest BCUT2D eigenvalue weighted by Gasteiger charge is 2.23. The average molecular weight is 333 g/mol. The van der Waals surface area contributed by atoms with Gasteiger partial charge >= 0.3 is 0 Å². The minimum Gasteiger partial charge on any atom is -0.399 e. The first-order chi connectivity index (χ1) is 9.72. The number of nitrogens with one attached hydrogen (secondary N) is 1. The van der Waals surface area contributed by atoms with Crippen molar-refractivity contribution in [1.29, 1.82) is 0 Å². The molecule has 0 amide bonds. The Kier molecular flexibility index (Phi) is 4.06. The van der Waals surface area contributed by atoms with Crippen LogP contribution in [0.15, 0.2) is 35.2 Å². The van der Waals surface area contributed by atoms with Crippen molar-refractivity contribution in [3.05, 3.63) is 52.6 Å². The maximum absolute atomic E-state index is 13.9. The average Bonchev–Trinajstić information content (AvgIpc) is 2.38. The van der Waals surface area contributed by atoms with E-state index in [-0.39, 0.29) is 11.4 Å². The van der Waals surface area contributed by atoms with Crippen molar-refractivity contribution in [1.82, 2.24) is 0 Å². The summed E-state index contributed by atoms with van der Waals surface area (Å²) in [5.74, 6) is -1.92. The first kappa shape index (κ1) is 15.5. The molecule has 0 aliphatic rings. The number of aryl methyl sites for hydroxylation is 1. The molecule has 112 valence electrons. The van der Waals surface area contributed by atoms with Gasteiger partial charge in [-0.05, 0) is 30.7 Å². The first-order valence-electron chi connectivity index (χ1n) is 5.75. The van der Waals surface area contributed by atoms with Gasteiger partial charge in [0.15, 0.2) is 5.82 Å². The minimum atomic E-state index is -4.36. The van der Waals surface area contributed by atoms with E-state index in [1.54, 1.807) is 0 Å². The molecule has 2 aromatic carbocycles. The van der Waals surface area contributed by atoms with Gasteiger partial charge in [-0.25, -0.2) is 17.2 Å². The van der Waals surface area contributed by atoms with Crippen molar-refractivity contribution >= 4 is 33.0 Å². The third-order valence-electron chi connectivity index (χ3n) is 2.77. The molecule has 0 radical (unpaired) electrons. The van der Waals surface area contributed by atoms with Gasteiger partial charge in [-0.2, -0.15) is 0 Å². The lowest BCUT2D eigenvalue weighted by Crippen LogP contribution is -2.17. The number of hydrogen-bond acceptors (Lipinski definition) is 3. The summed E-state index contributed by atoms with van der Waals surface area (Å²) in [6, 6.07) is 6.04. The zero-order valence-corrected chi connectivity index (χ0v) is 12.4. The molecule has 3 N–H and O–H groups in total. The quantitative estimate of drug-likeness (QED) is 0.847. The van der Waals surface area contributed by atoms with Crippen LogP contribution >= 0.6 is 11.6 Å². The van der Waals surface area contributed by atoms with Crippen molar-refractivity contribution in [2.75, 3.05) is 10.5 Å². The molecule has 0 aliphatic heterocycles. The van der Waals surface area contributed by atoms with Crippen LogP contribution in [0.25, 0.3) is 0 Å². The number of anilines is 2. The molecule has 0 saturated heterocycles. The molecule has 8 heteroatoms. The summed E-state index contributed by atoms with van der Waals surface area (Å²) in [6.45, 7) is 1.52. The summed E-state index contributed by atoms with van der Waals surface area (Å²) in [7, 11) is -4.36. The van der Waals surface area contributed by atoms with Crippen LogP contribution in [-0.2, 0) is 10.0 Å². The molecule has 2 rings (SSSR count). The van der Waals surface area contributed by atoms with E-state index < -0.39 is 31.6 Å². The molecule has 0 aromatic heterocycles. The minimum absolute atomic E-state index is 0.0213. The summed E-state index contributed by atoms with van der Waals surface area (Å²) < 4.78 is 54.0. The van der Waals surface area contributed by atoms with Gasteiger partial charge < -0.3 is 5.73 Å². The van der Waals surface area contributed by atoms with E-state index in [9.17, 15) is 17.2 Å². The first-order valence-corrected chi connectivity index (χ1v) is 7.61. The van der Waals surface area contributed by atoms with E-state index in [2.05, 4.69) is 0 Å². The summed E-state index contributed by atoms with van der Waals surface area (Å²) in [6.07, 6.45) is 0. The second-order valence-electron chi connectivity index (χ2n) is 4.35. The summed E-state index contributed by atoms with van der Waals surface area (Å²) >= 11 is 5.57. The van der Waals surface area contributed by atoms with Crippen LogP contribution in [0.5, 0.6) is 0 Å². The van der Waals surface area contributed by atoms with E-state index in [0.717, 1.165) is 18.2 Å². The van der Waals surface area contributed by atoms with Gasteiger partial charge in [-0.15, -0.1) is 0 Å². The van der Waals surface area contributed by atoms with Gasteiger partial charge in [-0.3, -0.25) is 4.72 Å². The molecule has 0 saturated carbocycles. The van der Waals surface area contributed by atoms with Gasteiger partial charge in [0.25, 0.3) is 10.0 Å². The molecule has 2 aromatic rings. The van der Waals surface area contributed by atoms with Crippen LogP contribution in [0.2, 0.25) is 5.02 Å². The van der Waals surface area contributed by atoms with Crippen molar-refractivity contribution < 1.29 is 17.2 Å². The number of nitrogen functional groups attached to an aromatic ring is 1. The maximum atomic E-state index is 13.9. The number of rotatable bonds is 3. The zero-order valence-electron chi connectivity index (χ0n) is 10.8. The lowest BCUT2D eigenvalue weighted by molar-refractivity contribution is 0.570. The maximum Gasteiger partial charge on any atom is 0.265 e. The van der Waals surface area contributed by atoms with Gasteiger partial charge in [0.2, 0.25) is 0 Å². The Morgan fingerprint density at radius 1 is 1.24 bits per heavy atom. The van der Waals surface area contributed by atoms with E-state index in [1.165, 1.54) is 19.1 Å². The highest BCUT2D eigenvalue weighted by atomic mass is 35.5. The third-order valence-corrected chi connectivity index (χ3v) is 4.39. The predicted octanol–water partition coefficient (Wildman–Crippen LogP) is 3.31. The SMILES string of the molecule is Cc1cccc(F)c1NS(=O)(=O)c1cc(N)cc(Cl)c1F. The van der Waals surface area contributed by atoms with Gasteiger partial charge in [0, 0.05) is 5.69 Å². The smallest absolute Gasteiger partial charge is 0.265 e. The Balaban J connectivity index is 2.54. The fourth-order valence-corrected chi connectivity index (χ4v) is 3.29. The Morgan fingerprint density at radius 3 is 2.52 bits per heavy atom. The fourth-order valence-electron chi connectivity index (χ4n) is 1.73. The lowest BCUT2D eigenvalue weighted by Gasteiger charge is -2.13. The fraction of sp³-hybridized carbons (Fsp3) is 0.0769. The van der Waals surface area contributed by atoms with E-state index >= 15 is 0 Å². The molecule has 0 heterocycles. The van der Waals surface area contributed by atoms with E-state index in [0.29, 0.717) is 5.56 Å². The van der Waals surface area contributed by atoms with Crippen molar-refractivity contribution in [2.45, 2.75) is 11.8 Å². The standard InChI is InChI=1S/C13H11ClF2N2O2S/c1-7-3-2-4-10(15)13(7)18-21(19,20)11-6-8(17)5-9(14)12(11)16/h2-6,18H,17H2,1H3. The second kappa shape index (κ2) is 5.50. The molecule has 0 aliphatic carbocycles. The summed E-state index contributed by atoms with van der Waals surface area (Å²) in [5, 5.41) is -0.430. The van der Waals surface area contributed by atoms with Gasteiger partial charge in [0.05, 0.1) is 10.7 Å². The molecular formula is C13H11ClF2N2O2S. The zero-order chi connectivity index (χ0) is 15.8. The molecule has 4 nitrogen and oxygen atoms in total. The van der Waals surface area contributed by atoms with Crippen molar-refractivity contribution in [2.24, 2.45) is 0 Å². The summed E-state index contributed by atoms with van der Waals surface area (Å²) in [5.41, 5.74) is 5.54. The topological polar surface area (TPSA) is 72.2 Å². The van der Waals surface area contributed by atoms with Crippen LogP contribution in [0.3, 0.4) is 0 Å². The van der Waals surface area contributed by atoms with Crippen LogP contribution in [0.1, 0.15) is 5.56 Å². The molecular weight excluding hydrogens is 322 g/mol. The Labute approximate surface area is 125 Å². The Hall–Kier alpha value is -1.86.